The summed E-state index contributed by atoms with van der Waals surface area (Å²) in [7, 11) is 1.54. The van der Waals surface area contributed by atoms with Gasteiger partial charge in [-0.1, -0.05) is 39.0 Å². The molecule has 1 atom stereocenters. The molecule has 1 heterocycles. The lowest BCUT2D eigenvalue weighted by molar-refractivity contribution is -0.123. The van der Waals surface area contributed by atoms with Crippen molar-refractivity contribution >= 4 is 17.4 Å². The minimum Gasteiger partial charge on any atom is -0.503 e. The lowest BCUT2D eigenvalue weighted by atomic mass is 9.82. The number of carbonyl (C=O) groups excluding carboxylic acids is 2. The Morgan fingerprint density at radius 3 is 2.42 bits per heavy atom. The van der Waals surface area contributed by atoms with Crippen molar-refractivity contribution in [2.24, 2.45) is 5.41 Å². The average molecular weight is 424 g/mol. The van der Waals surface area contributed by atoms with E-state index in [2.05, 4.69) is 0 Å². The van der Waals surface area contributed by atoms with E-state index in [0.717, 1.165) is 5.56 Å². The van der Waals surface area contributed by atoms with Crippen LogP contribution in [0.5, 0.6) is 11.5 Å². The molecular formula is C25H29NO5. The zero-order valence-electron chi connectivity index (χ0n) is 18.9. The molecule has 0 radical (unpaired) electrons. The van der Waals surface area contributed by atoms with E-state index >= 15 is 0 Å². The minimum absolute atomic E-state index is 0.0882. The summed E-state index contributed by atoms with van der Waals surface area (Å²) in [4.78, 5) is 28.0. The third kappa shape index (κ3) is 4.15. The van der Waals surface area contributed by atoms with Crippen molar-refractivity contribution in [3.05, 3.63) is 64.9 Å². The Morgan fingerprint density at radius 1 is 1.13 bits per heavy atom. The van der Waals surface area contributed by atoms with Gasteiger partial charge in [-0.2, -0.15) is 0 Å². The highest BCUT2D eigenvalue weighted by atomic mass is 16.5. The maximum atomic E-state index is 13.3. The van der Waals surface area contributed by atoms with Crippen LogP contribution in [-0.2, 0) is 9.59 Å². The number of aliphatic hydroxyl groups excluding tert-OH is 1. The smallest absolute Gasteiger partial charge is 0.294 e. The van der Waals surface area contributed by atoms with Crippen LogP contribution in [0.2, 0.25) is 0 Å². The number of rotatable bonds is 6. The predicted molar refractivity (Wildman–Crippen MR) is 120 cm³/mol. The molecule has 6 heteroatoms. The number of methoxy groups -OCH3 is 1. The number of nitrogens with zero attached hydrogens (tertiary/aromatic N) is 1. The highest BCUT2D eigenvalue weighted by Crippen LogP contribution is 2.45. The molecule has 2 aromatic rings. The van der Waals surface area contributed by atoms with Gasteiger partial charge < -0.3 is 14.6 Å². The second-order valence-electron chi connectivity index (χ2n) is 8.60. The first kappa shape index (κ1) is 22.4. The van der Waals surface area contributed by atoms with E-state index in [1.54, 1.807) is 45.0 Å². The molecule has 0 spiro atoms. The molecule has 6 nitrogen and oxygen atoms in total. The van der Waals surface area contributed by atoms with Gasteiger partial charge in [-0.05, 0) is 49.2 Å². The topological polar surface area (TPSA) is 76.1 Å². The molecule has 1 amide bonds. The lowest BCUT2D eigenvalue weighted by Gasteiger charge is -2.29. The van der Waals surface area contributed by atoms with E-state index < -0.39 is 23.1 Å². The molecular weight excluding hydrogens is 394 g/mol. The van der Waals surface area contributed by atoms with Crippen LogP contribution < -0.4 is 14.4 Å². The number of aliphatic hydroxyl groups is 1. The molecule has 3 rings (SSSR count). The summed E-state index contributed by atoms with van der Waals surface area (Å²) < 4.78 is 11.1. The first-order valence-corrected chi connectivity index (χ1v) is 10.3. The fourth-order valence-electron chi connectivity index (χ4n) is 3.73. The van der Waals surface area contributed by atoms with Crippen LogP contribution in [0.3, 0.4) is 0 Å². The third-order valence-electron chi connectivity index (χ3n) is 5.22. The summed E-state index contributed by atoms with van der Waals surface area (Å²) in [6.07, 6.45) is 0. The summed E-state index contributed by atoms with van der Waals surface area (Å²) in [6, 6.07) is 11.9. The van der Waals surface area contributed by atoms with Gasteiger partial charge in [0, 0.05) is 11.1 Å². The van der Waals surface area contributed by atoms with Crippen LogP contribution >= 0.6 is 0 Å². The Hall–Kier alpha value is -3.28. The van der Waals surface area contributed by atoms with Crippen molar-refractivity contribution in [1.29, 1.82) is 0 Å². The molecule has 2 aromatic carbocycles. The molecule has 0 saturated carbocycles. The monoisotopic (exact) mass is 423 g/mol. The highest BCUT2D eigenvalue weighted by Gasteiger charge is 2.46. The fraction of sp³-hybridized carbons (Fsp3) is 0.360. The van der Waals surface area contributed by atoms with Gasteiger partial charge in [0.2, 0.25) is 0 Å². The molecule has 1 aliphatic rings. The molecule has 0 bridgehead atoms. The molecule has 164 valence electrons. The maximum absolute atomic E-state index is 13.3. The van der Waals surface area contributed by atoms with Gasteiger partial charge in [-0.15, -0.1) is 0 Å². The van der Waals surface area contributed by atoms with Crippen LogP contribution in [0.15, 0.2) is 53.8 Å². The number of ketones is 1. The molecule has 1 aliphatic heterocycles. The minimum atomic E-state index is -0.786. The molecule has 0 aromatic heterocycles. The molecule has 1 N–H and O–H groups in total. The maximum Gasteiger partial charge on any atom is 0.294 e. The molecule has 0 aliphatic carbocycles. The zero-order chi connectivity index (χ0) is 22.9. The number of anilines is 1. The second-order valence-corrected chi connectivity index (χ2v) is 8.60. The first-order valence-electron chi connectivity index (χ1n) is 10.3. The Kier molecular flexibility index (Phi) is 6.11. The van der Waals surface area contributed by atoms with Gasteiger partial charge >= 0.3 is 0 Å². The lowest BCUT2D eigenvalue weighted by Crippen LogP contribution is -2.32. The van der Waals surface area contributed by atoms with E-state index in [1.807, 2.05) is 32.0 Å². The van der Waals surface area contributed by atoms with Gasteiger partial charge in [0.25, 0.3) is 5.91 Å². The van der Waals surface area contributed by atoms with Crippen LogP contribution in [-0.4, -0.2) is 30.5 Å². The van der Waals surface area contributed by atoms with Crippen LogP contribution in [0.25, 0.3) is 0 Å². The number of hydrogen-bond donors (Lipinski definition) is 1. The summed E-state index contributed by atoms with van der Waals surface area (Å²) in [5.41, 5.74) is 1.52. The van der Waals surface area contributed by atoms with Gasteiger partial charge in [-0.25, -0.2) is 0 Å². The van der Waals surface area contributed by atoms with E-state index in [1.165, 1.54) is 12.0 Å². The Balaban J connectivity index is 2.23. The van der Waals surface area contributed by atoms with E-state index in [9.17, 15) is 14.7 Å². The van der Waals surface area contributed by atoms with Gasteiger partial charge in [0.15, 0.2) is 23.0 Å². The first-order chi connectivity index (χ1) is 14.6. The predicted octanol–water partition coefficient (Wildman–Crippen LogP) is 4.92. The normalized spacial score (nSPS) is 16.6. The third-order valence-corrected chi connectivity index (χ3v) is 5.22. The number of carbonyl (C=O) groups is 2. The number of benzene rings is 2. The van der Waals surface area contributed by atoms with Gasteiger partial charge in [0.1, 0.15) is 0 Å². The van der Waals surface area contributed by atoms with E-state index in [-0.39, 0.29) is 11.4 Å². The largest absolute Gasteiger partial charge is 0.503 e. The average Bonchev–Trinajstić information content (AvgIpc) is 2.98. The van der Waals surface area contributed by atoms with E-state index in [4.69, 9.17) is 9.47 Å². The van der Waals surface area contributed by atoms with Crippen molar-refractivity contribution in [3.63, 3.8) is 0 Å². The number of amides is 1. The fourth-order valence-corrected chi connectivity index (χ4v) is 3.73. The standard InChI is InChI=1S/C25H29NO5/c1-7-31-18-12-11-16(14-19(18)30-6)21-20(23(28)25(3,4)5)22(27)24(29)26(21)17-10-8-9-15(2)13-17/h8-14,21,27H,7H2,1-6H3. The summed E-state index contributed by atoms with van der Waals surface area (Å²) in [5, 5.41) is 10.8. The van der Waals surface area contributed by atoms with Crippen LogP contribution in [0.4, 0.5) is 5.69 Å². The summed E-state index contributed by atoms with van der Waals surface area (Å²) in [5.74, 6) is -0.344. The Morgan fingerprint density at radius 2 is 1.84 bits per heavy atom. The molecule has 31 heavy (non-hydrogen) atoms. The Bertz CT molecular complexity index is 1050. The Labute approximate surface area is 183 Å². The zero-order valence-corrected chi connectivity index (χ0v) is 18.9. The number of hydrogen-bond acceptors (Lipinski definition) is 5. The summed E-state index contributed by atoms with van der Waals surface area (Å²) in [6.45, 7) is 9.58. The number of ether oxygens (including phenoxy) is 2. The van der Waals surface area contributed by atoms with Crippen LogP contribution in [0, 0.1) is 12.3 Å². The molecule has 0 saturated heterocycles. The van der Waals surface area contributed by atoms with Gasteiger partial charge in [-0.3, -0.25) is 14.5 Å². The van der Waals surface area contributed by atoms with Crippen LogP contribution in [0.1, 0.15) is 44.9 Å². The quantitative estimate of drug-likeness (QED) is 0.714. The number of aryl methyl sites for hydroxylation is 1. The van der Waals surface area contributed by atoms with Crippen molar-refractivity contribution < 1.29 is 24.2 Å². The van der Waals surface area contributed by atoms with Crippen molar-refractivity contribution in [2.45, 2.75) is 40.7 Å². The van der Waals surface area contributed by atoms with Crippen molar-refractivity contribution in [3.8, 4) is 11.5 Å². The SMILES string of the molecule is CCOc1ccc(C2C(C(=O)C(C)(C)C)=C(O)C(=O)N2c2cccc(C)c2)cc1OC. The van der Waals surface area contributed by atoms with Gasteiger partial charge in [0.05, 0.1) is 25.3 Å². The highest BCUT2D eigenvalue weighted by molar-refractivity contribution is 6.17. The summed E-state index contributed by atoms with van der Waals surface area (Å²) >= 11 is 0. The van der Waals surface area contributed by atoms with Crippen molar-refractivity contribution in [1.82, 2.24) is 0 Å². The second kappa shape index (κ2) is 8.46. The van der Waals surface area contributed by atoms with Crippen molar-refractivity contribution in [2.75, 3.05) is 18.6 Å². The van der Waals surface area contributed by atoms with E-state index in [0.29, 0.717) is 29.4 Å². The molecule has 0 fully saturated rings. The molecule has 1 unspecified atom stereocenters. The number of Topliss-reactive ketones (excluding diaryl/α,β-unsaturated/α-hetero) is 1.